The van der Waals surface area contributed by atoms with Crippen LogP contribution in [0.4, 0.5) is 0 Å². The van der Waals surface area contributed by atoms with E-state index in [4.69, 9.17) is 15.2 Å². The Bertz CT molecular complexity index is 552. The van der Waals surface area contributed by atoms with Crippen molar-refractivity contribution in [1.82, 2.24) is 9.78 Å². The molecule has 114 valence electrons. The average molecular weight is 289 g/mol. The van der Waals surface area contributed by atoms with E-state index in [1.807, 2.05) is 35.1 Å². The quantitative estimate of drug-likeness (QED) is 0.759. The minimum absolute atomic E-state index is 0.348. The van der Waals surface area contributed by atoms with Crippen LogP contribution in [-0.2, 0) is 6.54 Å². The van der Waals surface area contributed by atoms with Gasteiger partial charge in [-0.3, -0.25) is 4.68 Å². The Labute approximate surface area is 125 Å². The van der Waals surface area contributed by atoms with E-state index >= 15 is 0 Å². The molecule has 0 fully saturated rings. The summed E-state index contributed by atoms with van der Waals surface area (Å²) in [6.45, 7) is 5.92. The van der Waals surface area contributed by atoms with E-state index in [1.54, 1.807) is 6.20 Å². The molecule has 0 aliphatic rings. The van der Waals surface area contributed by atoms with Gasteiger partial charge in [-0.15, -0.1) is 0 Å². The summed E-state index contributed by atoms with van der Waals surface area (Å²) in [5, 5.41) is 4.23. The van der Waals surface area contributed by atoms with Gasteiger partial charge in [0, 0.05) is 19.0 Å². The third kappa shape index (κ3) is 4.79. The van der Waals surface area contributed by atoms with E-state index in [9.17, 15) is 0 Å². The summed E-state index contributed by atoms with van der Waals surface area (Å²) < 4.78 is 13.2. The highest BCUT2D eigenvalue weighted by Gasteiger charge is 2.02. The zero-order valence-electron chi connectivity index (χ0n) is 12.7. The van der Waals surface area contributed by atoms with Gasteiger partial charge in [-0.25, -0.2) is 0 Å². The Kier molecular flexibility index (Phi) is 5.63. The van der Waals surface area contributed by atoms with Gasteiger partial charge in [0.2, 0.25) is 0 Å². The summed E-state index contributed by atoms with van der Waals surface area (Å²) in [5.41, 5.74) is 6.67. The van der Waals surface area contributed by atoms with Crippen LogP contribution < -0.4 is 15.2 Å². The molecular formula is C16H23N3O2. The summed E-state index contributed by atoms with van der Waals surface area (Å²) >= 11 is 0. The minimum atomic E-state index is 0.348. The molecule has 0 atom stereocenters. The van der Waals surface area contributed by atoms with E-state index in [1.165, 1.54) is 0 Å². The molecule has 0 saturated carbocycles. The number of nitrogens with zero attached hydrogens (tertiary/aromatic N) is 2. The van der Waals surface area contributed by atoms with Crippen molar-refractivity contribution in [2.24, 2.45) is 5.73 Å². The first-order valence-corrected chi connectivity index (χ1v) is 7.28. The lowest BCUT2D eigenvalue weighted by atomic mass is 10.2. The topological polar surface area (TPSA) is 62.3 Å². The maximum Gasteiger partial charge on any atom is 0.157 e. The van der Waals surface area contributed by atoms with Gasteiger partial charge in [0.1, 0.15) is 5.75 Å². The van der Waals surface area contributed by atoms with Gasteiger partial charge in [-0.1, -0.05) is 12.1 Å². The lowest BCUT2D eigenvalue weighted by Gasteiger charge is -2.08. The molecule has 1 heterocycles. The van der Waals surface area contributed by atoms with Crippen molar-refractivity contribution in [3.05, 3.63) is 42.2 Å². The lowest BCUT2D eigenvalue weighted by molar-refractivity contribution is 0.247. The van der Waals surface area contributed by atoms with Gasteiger partial charge in [0.05, 0.1) is 25.6 Å². The number of ether oxygens (including phenoxy) is 2. The maximum atomic E-state index is 5.67. The molecule has 0 unspecified atom stereocenters. The second-order valence-corrected chi connectivity index (χ2v) is 5.15. The summed E-state index contributed by atoms with van der Waals surface area (Å²) in [4.78, 5) is 0. The average Bonchev–Trinajstić information content (AvgIpc) is 2.96. The van der Waals surface area contributed by atoms with Crippen LogP contribution in [0.1, 0.15) is 31.9 Å². The first kappa shape index (κ1) is 15.4. The predicted octanol–water partition coefficient (Wildman–Crippen LogP) is 2.77. The molecule has 0 amide bonds. The molecule has 2 rings (SSSR count). The van der Waals surface area contributed by atoms with Crippen molar-refractivity contribution in [2.75, 3.05) is 13.2 Å². The van der Waals surface area contributed by atoms with Crippen molar-refractivity contribution >= 4 is 0 Å². The molecule has 0 radical (unpaired) electrons. The highest BCUT2D eigenvalue weighted by Crippen LogP contribution is 2.14. The Morgan fingerprint density at radius 2 is 1.95 bits per heavy atom. The summed E-state index contributed by atoms with van der Waals surface area (Å²) in [6.07, 6.45) is 4.47. The van der Waals surface area contributed by atoms with Crippen LogP contribution in [0.25, 0.3) is 0 Å². The molecule has 2 N–H and O–H groups in total. The van der Waals surface area contributed by atoms with Crippen molar-refractivity contribution in [1.29, 1.82) is 0 Å². The highest BCUT2D eigenvalue weighted by molar-refractivity contribution is 5.28. The zero-order valence-corrected chi connectivity index (χ0v) is 12.7. The first-order valence-electron chi connectivity index (χ1n) is 7.28. The van der Waals surface area contributed by atoms with E-state index < -0.39 is 0 Å². The Hall–Kier alpha value is -2.01. The first-order chi connectivity index (χ1) is 10.2. The molecule has 0 bridgehead atoms. The van der Waals surface area contributed by atoms with Crippen LogP contribution in [0.15, 0.2) is 36.7 Å². The smallest absolute Gasteiger partial charge is 0.157 e. The lowest BCUT2D eigenvalue weighted by Crippen LogP contribution is -2.05. The minimum Gasteiger partial charge on any atom is -0.493 e. The predicted molar refractivity (Wildman–Crippen MR) is 82.6 cm³/mol. The van der Waals surface area contributed by atoms with Crippen molar-refractivity contribution in [3.63, 3.8) is 0 Å². The van der Waals surface area contributed by atoms with Crippen LogP contribution in [0.5, 0.6) is 11.5 Å². The van der Waals surface area contributed by atoms with Gasteiger partial charge in [-0.2, -0.15) is 5.10 Å². The molecule has 5 nitrogen and oxygen atoms in total. The van der Waals surface area contributed by atoms with E-state index in [2.05, 4.69) is 18.9 Å². The molecule has 0 saturated heterocycles. The number of benzene rings is 1. The highest BCUT2D eigenvalue weighted by atomic mass is 16.5. The molecule has 0 aliphatic heterocycles. The van der Waals surface area contributed by atoms with Gasteiger partial charge in [0.25, 0.3) is 0 Å². The molecule has 5 heteroatoms. The molecule has 1 aromatic carbocycles. The Balaban J connectivity index is 1.67. The fraction of sp³-hybridized carbons (Fsp3) is 0.438. The second-order valence-electron chi connectivity index (χ2n) is 5.15. The fourth-order valence-corrected chi connectivity index (χ4v) is 1.88. The van der Waals surface area contributed by atoms with Gasteiger partial charge in [0.15, 0.2) is 5.75 Å². The summed E-state index contributed by atoms with van der Waals surface area (Å²) in [7, 11) is 0. The third-order valence-electron chi connectivity index (χ3n) is 3.07. The molecule has 21 heavy (non-hydrogen) atoms. The van der Waals surface area contributed by atoms with Crippen molar-refractivity contribution in [3.8, 4) is 11.5 Å². The number of aromatic nitrogens is 2. The summed E-state index contributed by atoms with van der Waals surface area (Å²) in [6, 6.07) is 8.19. The van der Waals surface area contributed by atoms with E-state index in [0.29, 0.717) is 25.8 Å². The number of hydrogen-bond donors (Lipinski definition) is 1. The van der Waals surface area contributed by atoms with Crippen LogP contribution in [0.2, 0.25) is 0 Å². The van der Waals surface area contributed by atoms with E-state index in [-0.39, 0.29) is 0 Å². The molecule has 2 aromatic rings. The van der Waals surface area contributed by atoms with Gasteiger partial charge in [-0.05, 0) is 31.5 Å². The van der Waals surface area contributed by atoms with Crippen LogP contribution >= 0.6 is 0 Å². The SMILES string of the molecule is CC(C)n1cc(OCCCOc2cccc(CN)c2)cn1. The standard InChI is InChI=1S/C16H23N3O2/c1-13(2)19-12-16(11-18-19)21-8-4-7-20-15-6-3-5-14(9-15)10-17/h3,5-6,9,11-13H,4,7-8,10,17H2,1-2H3. The molecular weight excluding hydrogens is 266 g/mol. The van der Waals surface area contributed by atoms with Crippen molar-refractivity contribution < 1.29 is 9.47 Å². The zero-order chi connectivity index (χ0) is 15.1. The fourth-order valence-electron chi connectivity index (χ4n) is 1.88. The molecule has 0 spiro atoms. The maximum absolute atomic E-state index is 5.67. The number of nitrogens with two attached hydrogens (primary N) is 1. The summed E-state index contributed by atoms with van der Waals surface area (Å²) in [5.74, 6) is 1.65. The molecule has 0 aliphatic carbocycles. The Morgan fingerprint density at radius 3 is 2.62 bits per heavy atom. The van der Waals surface area contributed by atoms with Gasteiger partial charge < -0.3 is 15.2 Å². The van der Waals surface area contributed by atoms with Crippen LogP contribution in [0.3, 0.4) is 0 Å². The number of hydrogen-bond acceptors (Lipinski definition) is 4. The second kappa shape index (κ2) is 7.69. The monoisotopic (exact) mass is 289 g/mol. The Morgan fingerprint density at radius 1 is 1.19 bits per heavy atom. The normalized spacial score (nSPS) is 10.9. The van der Waals surface area contributed by atoms with Crippen LogP contribution in [0, 0.1) is 0 Å². The van der Waals surface area contributed by atoms with Gasteiger partial charge >= 0.3 is 0 Å². The van der Waals surface area contributed by atoms with Crippen LogP contribution in [-0.4, -0.2) is 23.0 Å². The number of rotatable bonds is 8. The van der Waals surface area contributed by atoms with Crippen molar-refractivity contribution in [2.45, 2.75) is 32.9 Å². The molecule has 1 aromatic heterocycles. The van der Waals surface area contributed by atoms with E-state index in [0.717, 1.165) is 23.5 Å². The largest absolute Gasteiger partial charge is 0.493 e. The third-order valence-corrected chi connectivity index (χ3v) is 3.07.